The lowest BCUT2D eigenvalue weighted by Gasteiger charge is -2.22. The molecule has 2 aromatic rings. The lowest BCUT2D eigenvalue weighted by Crippen LogP contribution is -2.33. The second-order valence-corrected chi connectivity index (χ2v) is 5.86. The van der Waals surface area contributed by atoms with E-state index in [-0.39, 0.29) is 31.0 Å². The van der Waals surface area contributed by atoms with Crippen LogP contribution < -0.4 is 0 Å². The molecule has 1 amide bonds. The summed E-state index contributed by atoms with van der Waals surface area (Å²) in [6.45, 7) is -0.144. The molecule has 1 aromatic heterocycles. The van der Waals surface area contributed by atoms with Gasteiger partial charge in [-0.2, -0.15) is 18.3 Å². The van der Waals surface area contributed by atoms with E-state index in [9.17, 15) is 18.0 Å². The predicted octanol–water partition coefficient (Wildman–Crippen LogP) is 3.15. The number of hydrogen-bond donors (Lipinski definition) is 0. The van der Waals surface area contributed by atoms with Gasteiger partial charge >= 0.3 is 6.18 Å². The highest BCUT2D eigenvalue weighted by molar-refractivity contribution is 5.92. The lowest BCUT2D eigenvalue weighted by atomic mass is 9.93. The van der Waals surface area contributed by atoms with Gasteiger partial charge in [0.05, 0.1) is 12.1 Å². The average molecular weight is 341 g/mol. The molecule has 1 saturated heterocycles. The van der Waals surface area contributed by atoms with Gasteiger partial charge in [-0.05, 0) is 23.8 Å². The third kappa shape index (κ3) is 2.88. The van der Waals surface area contributed by atoms with E-state index in [1.54, 1.807) is 7.05 Å². The van der Waals surface area contributed by atoms with Crippen LogP contribution in [0, 0.1) is 0 Å². The number of benzene rings is 1. The van der Waals surface area contributed by atoms with Gasteiger partial charge < -0.3 is 4.90 Å². The summed E-state index contributed by atoms with van der Waals surface area (Å²) in [6.07, 6.45) is -3.12. The highest BCUT2D eigenvalue weighted by Crippen LogP contribution is 2.39. The van der Waals surface area contributed by atoms with E-state index in [2.05, 4.69) is 5.10 Å². The summed E-state index contributed by atoms with van der Waals surface area (Å²) < 4.78 is 55.0. The maximum atomic E-state index is 15.2. The first-order chi connectivity index (χ1) is 11.2. The molecular weight excluding hydrogens is 326 g/mol. The van der Waals surface area contributed by atoms with Crippen molar-refractivity contribution in [2.45, 2.75) is 18.3 Å². The summed E-state index contributed by atoms with van der Waals surface area (Å²) in [7, 11) is 1.60. The standard InChI is InChI=1S/C16H15F4N3O/c1-22-13(5-7-21-22)14(24)23-8-6-15(17,10-23)11-3-2-4-12(9-11)16(18,19)20/h2-5,7,9H,6,8,10H2,1H3/t15-/m0/s1. The first-order valence-corrected chi connectivity index (χ1v) is 7.35. The minimum Gasteiger partial charge on any atom is -0.334 e. The first kappa shape index (κ1) is 16.5. The van der Waals surface area contributed by atoms with Crippen molar-refractivity contribution in [3.05, 3.63) is 53.3 Å². The fraction of sp³-hybridized carbons (Fsp3) is 0.375. The van der Waals surface area contributed by atoms with Crippen molar-refractivity contribution in [1.29, 1.82) is 0 Å². The van der Waals surface area contributed by atoms with Gasteiger partial charge in [0.2, 0.25) is 0 Å². The number of alkyl halides is 4. The van der Waals surface area contributed by atoms with Crippen LogP contribution in [-0.2, 0) is 18.9 Å². The van der Waals surface area contributed by atoms with E-state index in [1.165, 1.54) is 34.0 Å². The van der Waals surface area contributed by atoms with Crippen molar-refractivity contribution in [2.75, 3.05) is 13.1 Å². The zero-order valence-electron chi connectivity index (χ0n) is 12.8. The second-order valence-electron chi connectivity index (χ2n) is 5.86. The number of carbonyl (C=O) groups excluding carboxylic acids is 1. The number of aryl methyl sites for hydroxylation is 1. The van der Waals surface area contributed by atoms with E-state index in [0.29, 0.717) is 5.69 Å². The molecule has 128 valence electrons. The topological polar surface area (TPSA) is 38.1 Å². The van der Waals surface area contributed by atoms with E-state index >= 15 is 4.39 Å². The van der Waals surface area contributed by atoms with Crippen LogP contribution in [0.3, 0.4) is 0 Å². The number of rotatable bonds is 2. The minimum absolute atomic E-state index is 0.0437. The van der Waals surface area contributed by atoms with Crippen molar-refractivity contribution in [3.8, 4) is 0 Å². The molecule has 1 aliphatic heterocycles. The Hall–Kier alpha value is -2.38. The van der Waals surface area contributed by atoms with Gasteiger partial charge in [0, 0.05) is 26.2 Å². The molecule has 3 rings (SSSR count). The van der Waals surface area contributed by atoms with E-state index < -0.39 is 17.4 Å². The Bertz CT molecular complexity index is 771. The van der Waals surface area contributed by atoms with Crippen molar-refractivity contribution in [3.63, 3.8) is 0 Å². The first-order valence-electron chi connectivity index (χ1n) is 7.35. The molecule has 1 aliphatic rings. The molecule has 1 atom stereocenters. The van der Waals surface area contributed by atoms with Gasteiger partial charge in [-0.1, -0.05) is 12.1 Å². The molecule has 0 radical (unpaired) electrons. The SMILES string of the molecule is Cn1nccc1C(=O)N1CC[C@@](F)(c2cccc(C(F)(F)F)c2)C1. The summed E-state index contributed by atoms with van der Waals surface area (Å²) in [5, 5.41) is 3.89. The van der Waals surface area contributed by atoms with Crippen LogP contribution >= 0.6 is 0 Å². The van der Waals surface area contributed by atoms with Gasteiger partial charge in [-0.25, -0.2) is 4.39 Å². The van der Waals surface area contributed by atoms with E-state index in [0.717, 1.165) is 12.1 Å². The van der Waals surface area contributed by atoms with Crippen LogP contribution in [0.5, 0.6) is 0 Å². The highest BCUT2D eigenvalue weighted by atomic mass is 19.4. The van der Waals surface area contributed by atoms with E-state index in [4.69, 9.17) is 0 Å². The Balaban J connectivity index is 1.84. The molecule has 0 unspecified atom stereocenters. The van der Waals surface area contributed by atoms with Crippen LogP contribution in [-0.4, -0.2) is 33.7 Å². The van der Waals surface area contributed by atoms with Gasteiger partial charge in [-0.3, -0.25) is 9.48 Å². The molecule has 0 aliphatic carbocycles. The summed E-state index contributed by atoms with van der Waals surface area (Å²) in [5.41, 5.74) is -2.63. The van der Waals surface area contributed by atoms with Gasteiger partial charge in [-0.15, -0.1) is 0 Å². The number of amides is 1. The van der Waals surface area contributed by atoms with Crippen LogP contribution in [0.4, 0.5) is 17.6 Å². The van der Waals surface area contributed by atoms with Crippen molar-refractivity contribution in [1.82, 2.24) is 14.7 Å². The lowest BCUT2D eigenvalue weighted by molar-refractivity contribution is -0.137. The number of aromatic nitrogens is 2. The maximum absolute atomic E-state index is 15.2. The summed E-state index contributed by atoms with van der Waals surface area (Å²) >= 11 is 0. The molecule has 0 bridgehead atoms. The van der Waals surface area contributed by atoms with E-state index in [1.807, 2.05) is 0 Å². The Morgan fingerprint density at radius 3 is 2.67 bits per heavy atom. The van der Waals surface area contributed by atoms with Crippen LogP contribution in [0.25, 0.3) is 0 Å². The Labute approximate surface area is 135 Å². The third-order valence-corrected chi connectivity index (χ3v) is 4.25. The molecular formula is C16H15F4N3O. The minimum atomic E-state index is -4.53. The third-order valence-electron chi connectivity index (χ3n) is 4.25. The Morgan fingerprint density at radius 1 is 1.29 bits per heavy atom. The average Bonchev–Trinajstić information content (AvgIpc) is 3.13. The van der Waals surface area contributed by atoms with Crippen molar-refractivity contribution >= 4 is 5.91 Å². The zero-order chi connectivity index (χ0) is 17.5. The molecule has 0 spiro atoms. The van der Waals surface area contributed by atoms with Gasteiger partial charge in [0.1, 0.15) is 5.69 Å². The normalized spacial score (nSPS) is 21.3. The molecule has 2 heterocycles. The monoisotopic (exact) mass is 341 g/mol. The molecule has 24 heavy (non-hydrogen) atoms. The molecule has 4 nitrogen and oxygen atoms in total. The van der Waals surface area contributed by atoms with Gasteiger partial charge in [0.25, 0.3) is 5.91 Å². The molecule has 0 saturated carbocycles. The zero-order valence-corrected chi connectivity index (χ0v) is 12.8. The molecule has 1 aromatic carbocycles. The number of carbonyl (C=O) groups is 1. The van der Waals surface area contributed by atoms with Gasteiger partial charge in [0.15, 0.2) is 5.67 Å². The smallest absolute Gasteiger partial charge is 0.334 e. The molecule has 8 heteroatoms. The fourth-order valence-electron chi connectivity index (χ4n) is 2.90. The second kappa shape index (κ2) is 5.61. The summed E-state index contributed by atoms with van der Waals surface area (Å²) in [5.74, 6) is -0.387. The quantitative estimate of drug-likeness (QED) is 0.787. The molecule has 1 fully saturated rings. The molecule has 0 N–H and O–H groups in total. The number of halogens is 4. The van der Waals surface area contributed by atoms with Crippen LogP contribution in [0.1, 0.15) is 28.0 Å². The predicted molar refractivity (Wildman–Crippen MR) is 78.0 cm³/mol. The van der Waals surface area contributed by atoms with Crippen molar-refractivity contribution < 1.29 is 22.4 Å². The highest BCUT2D eigenvalue weighted by Gasteiger charge is 2.43. The summed E-state index contributed by atoms with van der Waals surface area (Å²) in [6, 6.07) is 5.75. The Morgan fingerprint density at radius 2 is 2.04 bits per heavy atom. The van der Waals surface area contributed by atoms with Crippen molar-refractivity contribution in [2.24, 2.45) is 7.05 Å². The largest absolute Gasteiger partial charge is 0.416 e. The van der Waals surface area contributed by atoms with Crippen LogP contribution in [0.15, 0.2) is 36.5 Å². The number of likely N-dealkylation sites (tertiary alicyclic amines) is 1. The van der Waals surface area contributed by atoms with Crippen LogP contribution in [0.2, 0.25) is 0 Å². The summed E-state index contributed by atoms with van der Waals surface area (Å²) in [4.78, 5) is 13.7. The maximum Gasteiger partial charge on any atom is 0.416 e. The Kier molecular flexibility index (Phi) is 3.85. The number of nitrogens with zero attached hydrogens (tertiary/aromatic N) is 3. The fourth-order valence-corrected chi connectivity index (χ4v) is 2.90. The number of hydrogen-bond acceptors (Lipinski definition) is 2.